The lowest BCUT2D eigenvalue weighted by molar-refractivity contribution is 0.0564. The van der Waals surface area contributed by atoms with Gasteiger partial charge in [-0.1, -0.05) is 0 Å². The molecule has 1 aromatic heterocycles. The summed E-state index contributed by atoms with van der Waals surface area (Å²) in [6.07, 6.45) is 2.84. The van der Waals surface area contributed by atoms with E-state index in [-0.39, 0.29) is 18.3 Å². The lowest BCUT2D eigenvalue weighted by Gasteiger charge is -1.98. The number of carbonyl (C=O) groups excluding carboxylic acids is 2. The zero-order valence-electron chi connectivity index (χ0n) is 11.7. The van der Waals surface area contributed by atoms with E-state index in [0.29, 0.717) is 22.8 Å². The first-order valence-electron chi connectivity index (χ1n) is 6.47. The predicted octanol–water partition coefficient (Wildman–Crippen LogP) is 2.69. The highest BCUT2D eigenvalue weighted by atomic mass is 16.7. The summed E-state index contributed by atoms with van der Waals surface area (Å²) in [5.74, 6) is 0.850. The molecule has 0 fully saturated rings. The molecule has 0 aliphatic carbocycles. The van der Waals surface area contributed by atoms with E-state index >= 15 is 0 Å². The highest BCUT2D eigenvalue weighted by Crippen LogP contribution is 2.32. The molecule has 2 heterocycles. The fraction of sp³-hybridized carbons (Fsp3) is 0.125. The van der Waals surface area contributed by atoms with Gasteiger partial charge in [0.05, 0.1) is 7.11 Å². The third-order valence-corrected chi connectivity index (χ3v) is 3.07. The molecule has 0 amide bonds. The summed E-state index contributed by atoms with van der Waals surface area (Å²) >= 11 is 0. The van der Waals surface area contributed by atoms with Gasteiger partial charge in [0.15, 0.2) is 17.3 Å². The van der Waals surface area contributed by atoms with Crippen LogP contribution in [-0.2, 0) is 4.74 Å². The van der Waals surface area contributed by atoms with Gasteiger partial charge in [-0.3, -0.25) is 4.79 Å². The van der Waals surface area contributed by atoms with Crippen molar-refractivity contribution in [3.05, 3.63) is 53.5 Å². The Morgan fingerprint density at radius 3 is 2.77 bits per heavy atom. The van der Waals surface area contributed by atoms with Gasteiger partial charge in [0.2, 0.25) is 12.6 Å². The van der Waals surface area contributed by atoms with Crippen molar-refractivity contribution in [3.63, 3.8) is 0 Å². The molecule has 1 aliphatic rings. The largest absolute Gasteiger partial charge is 0.463 e. The number of fused-ring (bicyclic) bond motifs is 1. The number of ether oxygens (including phenoxy) is 3. The zero-order valence-corrected chi connectivity index (χ0v) is 11.7. The third-order valence-electron chi connectivity index (χ3n) is 3.07. The van der Waals surface area contributed by atoms with Gasteiger partial charge in [-0.15, -0.1) is 0 Å². The zero-order chi connectivity index (χ0) is 15.5. The maximum atomic E-state index is 12.1. The fourth-order valence-corrected chi connectivity index (χ4v) is 1.96. The van der Waals surface area contributed by atoms with E-state index in [2.05, 4.69) is 4.74 Å². The lowest BCUT2D eigenvalue weighted by Crippen LogP contribution is -1.98. The van der Waals surface area contributed by atoms with Gasteiger partial charge >= 0.3 is 5.97 Å². The molecule has 0 atom stereocenters. The number of allylic oxidation sites excluding steroid dienone is 1. The van der Waals surface area contributed by atoms with Crippen molar-refractivity contribution in [1.82, 2.24) is 0 Å². The number of esters is 1. The van der Waals surface area contributed by atoms with Crippen LogP contribution in [0.5, 0.6) is 11.5 Å². The Bertz CT molecular complexity index is 756. The summed E-state index contributed by atoms with van der Waals surface area (Å²) in [4.78, 5) is 23.4. The Hall–Kier alpha value is -3.02. The molecule has 6 heteroatoms. The summed E-state index contributed by atoms with van der Waals surface area (Å²) in [6, 6.07) is 8.02. The van der Waals surface area contributed by atoms with Gasteiger partial charge in [-0.25, -0.2) is 4.79 Å². The smallest absolute Gasteiger partial charge is 0.373 e. The van der Waals surface area contributed by atoms with E-state index in [4.69, 9.17) is 13.9 Å². The standard InChI is InChI=1S/C16H12O6/c1-19-16(18)14-7-4-11(22-14)3-5-12(17)10-2-6-13-15(8-10)21-9-20-13/h2-8H,9H2,1H3. The molecule has 0 saturated heterocycles. The van der Waals surface area contributed by atoms with Crippen LogP contribution in [0, 0.1) is 0 Å². The molecule has 0 radical (unpaired) electrons. The van der Waals surface area contributed by atoms with Crippen molar-refractivity contribution in [2.24, 2.45) is 0 Å². The number of furan rings is 1. The fourth-order valence-electron chi connectivity index (χ4n) is 1.96. The topological polar surface area (TPSA) is 75.0 Å². The summed E-state index contributed by atoms with van der Waals surface area (Å²) in [6.45, 7) is 0.158. The third kappa shape index (κ3) is 2.71. The molecular weight excluding hydrogens is 288 g/mol. The number of methoxy groups -OCH3 is 1. The average Bonchev–Trinajstić information content (AvgIpc) is 3.19. The lowest BCUT2D eigenvalue weighted by atomic mass is 10.1. The molecule has 0 N–H and O–H groups in total. The molecule has 22 heavy (non-hydrogen) atoms. The van der Waals surface area contributed by atoms with Crippen molar-refractivity contribution < 1.29 is 28.2 Å². The van der Waals surface area contributed by atoms with Gasteiger partial charge in [0.1, 0.15) is 5.76 Å². The highest BCUT2D eigenvalue weighted by Gasteiger charge is 2.15. The second-order valence-electron chi connectivity index (χ2n) is 4.46. The Morgan fingerprint density at radius 2 is 1.95 bits per heavy atom. The molecule has 0 bridgehead atoms. The normalized spacial score (nSPS) is 12.6. The molecular formula is C16H12O6. The van der Waals surface area contributed by atoms with Crippen LogP contribution in [0.1, 0.15) is 26.7 Å². The van der Waals surface area contributed by atoms with Crippen LogP contribution in [0.3, 0.4) is 0 Å². The number of hydrogen-bond donors (Lipinski definition) is 0. The number of benzene rings is 1. The van der Waals surface area contributed by atoms with Crippen LogP contribution >= 0.6 is 0 Å². The second kappa shape index (κ2) is 5.77. The van der Waals surface area contributed by atoms with Gasteiger partial charge in [0, 0.05) is 5.56 Å². The van der Waals surface area contributed by atoms with Crippen LogP contribution in [0.25, 0.3) is 6.08 Å². The summed E-state index contributed by atoms with van der Waals surface area (Å²) in [7, 11) is 1.27. The number of carbonyl (C=O) groups is 2. The van der Waals surface area contributed by atoms with E-state index in [1.807, 2.05) is 0 Å². The Balaban J connectivity index is 1.73. The number of hydrogen-bond acceptors (Lipinski definition) is 6. The van der Waals surface area contributed by atoms with Crippen LogP contribution < -0.4 is 9.47 Å². The molecule has 1 aromatic carbocycles. The number of ketones is 1. The van der Waals surface area contributed by atoms with E-state index < -0.39 is 5.97 Å². The van der Waals surface area contributed by atoms with E-state index in [1.54, 1.807) is 24.3 Å². The maximum absolute atomic E-state index is 12.1. The first-order chi connectivity index (χ1) is 10.7. The minimum Gasteiger partial charge on any atom is -0.463 e. The van der Waals surface area contributed by atoms with Crippen LogP contribution in [0.2, 0.25) is 0 Å². The Morgan fingerprint density at radius 1 is 1.14 bits per heavy atom. The van der Waals surface area contributed by atoms with Crippen molar-refractivity contribution in [3.8, 4) is 11.5 Å². The molecule has 2 aromatic rings. The summed E-state index contributed by atoms with van der Waals surface area (Å²) in [5, 5.41) is 0. The number of rotatable bonds is 4. The van der Waals surface area contributed by atoms with Crippen LogP contribution in [-0.4, -0.2) is 25.7 Å². The molecule has 0 unspecified atom stereocenters. The molecule has 0 saturated carbocycles. The average molecular weight is 300 g/mol. The second-order valence-corrected chi connectivity index (χ2v) is 4.46. The van der Waals surface area contributed by atoms with E-state index in [9.17, 15) is 9.59 Å². The van der Waals surface area contributed by atoms with E-state index in [0.717, 1.165) is 0 Å². The first kappa shape index (κ1) is 13.9. The first-order valence-corrected chi connectivity index (χ1v) is 6.47. The summed E-state index contributed by atoms with van der Waals surface area (Å²) < 4.78 is 20.2. The quantitative estimate of drug-likeness (QED) is 0.491. The molecule has 112 valence electrons. The van der Waals surface area contributed by atoms with Crippen LogP contribution in [0.4, 0.5) is 0 Å². The Labute approximate surface area is 125 Å². The minimum atomic E-state index is -0.568. The SMILES string of the molecule is COC(=O)c1ccc(C=CC(=O)c2ccc3c(c2)OCO3)o1. The monoisotopic (exact) mass is 300 g/mol. The van der Waals surface area contributed by atoms with Gasteiger partial charge in [0.25, 0.3) is 0 Å². The minimum absolute atomic E-state index is 0.0812. The van der Waals surface area contributed by atoms with Crippen molar-refractivity contribution in [1.29, 1.82) is 0 Å². The predicted molar refractivity (Wildman–Crippen MR) is 76.0 cm³/mol. The van der Waals surface area contributed by atoms with Gasteiger partial charge in [-0.2, -0.15) is 0 Å². The van der Waals surface area contributed by atoms with Crippen molar-refractivity contribution >= 4 is 17.8 Å². The Kier molecular flexibility index (Phi) is 3.65. The highest BCUT2D eigenvalue weighted by molar-refractivity contribution is 6.07. The molecule has 6 nitrogen and oxygen atoms in total. The van der Waals surface area contributed by atoms with E-state index in [1.165, 1.54) is 25.3 Å². The summed E-state index contributed by atoms with van der Waals surface area (Å²) in [5.41, 5.74) is 0.472. The van der Waals surface area contributed by atoms with Gasteiger partial charge < -0.3 is 18.6 Å². The maximum Gasteiger partial charge on any atom is 0.373 e. The molecule has 0 spiro atoms. The van der Waals surface area contributed by atoms with Crippen molar-refractivity contribution in [2.75, 3.05) is 13.9 Å². The van der Waals surface area contributed by atoms with Gasteiger partial charge in [-0.05, 0) is 42.5 Å². The molecule has 1 aliphatic heterocycles. The van der Waals surface area contributed by atoms with Crippen LogP contribution in [0.15, 0.2) is 40.8 Å². The molecule has 3 rings (SSSR count). The van der Waals surface area contributed by atoms with Crippen molar-refractivity contribution in [2.45, 2.75) is 0 Å².